The Morgan fingerprint density at radius 1 is 1.24 bits per heavy atom. The minimum atomic E-state index is -3.79. The number of amides is 1. The molecule has 0 saturated heterocycles. The Hall–Kier alpha value is -3.11. The van der Waals surface area contributed by atoms with Gasteiger partial charge in [0.1, 0.15) is 22.4 Å². The molecule has 1 saturated carbocycles. The third-order valence-electron chi connectivity index (χ3n) is 5.83. The van der Waals surface area contributed by atoms with Gasteiger partial charge in [0.25, 0.3) is 11.5 Å². The van der Waals surface area contributed by atoms with Gasteiger partial charge in [-0.25, -0.2) is 13.4 Å². The molecular weight excluding hydrogens is 468 g/mol. The van der Waals surface area contributed by atoms with Crippen molar-refractivity contribution in [1.29, 1.82) is 0 Å². The third kappa shape index (κ3) is 4.53. The van der Waals surface area contributed by atoms with E-state index < -0.39 is 25.3 Å². The highest BCUT2D eigenvalue weighted by Crippen LogP contribution is 2.46. The summed E-state index contributed by atoms with van der Waals surface area (Å²) in [6, 6.07) is 10.7. The van der Waals surface area contributed by atoms with Crippen molar-refractivity contribution >= 4 is 42.2 Å². The SMILES string of the molecule is CNc1ccc(CNC(=O)c2cc3ccnc(OCC4(S(=O)(=O)Cl)CC4)c3n(C)c2=O)cc1. The second-order valence-corrected chi connectivity index (χ2v) is 11.0. The fourth-order valence-electron chi connectivity index (χ4n) is 3.53. The van der Waals surface area contributed by atoms with Gasteiger partial charge in [0.2, 0.25) is 14.9 Å². The summed E-state index contributed by atoms with van der Waals surface area (Å²) in [5, 5.41) is 6.35. The number of halogens is 1. The molecule has 0 unspecified atom stereocenters. The zero-order chi connectivity index (χ0) is 23.8. The molecule has 0 aliphatic heterocycles. The van der Waals surface area contributed by atoms with Gasteiger partial charge in [-0.1, -0.05) is 12.1 Å². The molecule has 0 radical (unpaired) electrons. The number of aromatic nitrogens is 2. The van der Waals surface area contributed by atoms with E-state index in [9.17, 15) is 18.0 Å². The first kappa shape index (κ1) is 23.1. The van der Waals surface area contributed by atoms with Crippen molar-refractivity contribution in [3.05, 3.63) is 64.1 Å². The third-order valence-corrected chi connectivity index (χ3v) is 8.37. The van der Waals surface area contributed by atoms with Crippen molar-refractivity contribution in [1.82, 2.24) is 14.9 Å². The van der Waals surface area contributed by atoms with Crippen LogP contribution in [0.4, 0.5) is 5.69 Å². The predicted octanol–water partition coefficient (Wildman–Crippen LogP) is 2.39. The van der Waals surface area contributed by atoms with Gasteiger partial charge >= 0.3 is 0 Å². The lowest BCUT2D eigenvalue weighted by molar-refractivity contribution is 0.0949. The molecule has 1 amide bonds. The minimum Gasteiger partial charge on any atom is -0.474 e. The van der Waals surface area contributed by atoms with Crippen LogP contribution in [0.3, 0.4) is 0 Å². The molecule has 0 bridgehead atoms. The van der Waals surface area contributed by atoms with Gasteiger partial charge in [0.15, 0.2) is 0 Å². The number of hydrogen-bond acceptors (Lipinski definition) is 7. The van der Waals surface area contributed by atoms with Gasteiger partial charge in [0.05, 0.1) is 0 Å². The van der Waals surface area contributed by atoms with Crippen LogP contribution in [0.5, 0.6) is 5.88 Å². The van der Waals surface area contributed by atoms with Crippen LogP contribution in [0.15, 0.2) is 47.4 Å². The Labute approximate surface area is 195 Å². The van der Waals surface area contributed by atoms with E-state index in [0.717, 1.165) is 11.3 Å². The average molecular weight is 491 g/mol. The molecule has 2 aromatic heterocycles. The largest absolute Gasteiger partial charge is 0.474 e. The molecule has 33 heavy (non-hydrogen) atoms. The monoisotopic (exact) mass is 490 g/mol. The summed E-state index contributed by atoms with van der Waals surface area (Å²) < 4.78 is 29.5. The van der Waals surface area contributed by atoms with Crippen LogP contribution < -0.4 is 20.9 Å². The molecule has 1 aliphatic rings. The van der Waals surface area contributed by atoms with Gasteiger partial charge in [-0.3, -0.25) is 9.59 Å². The quantitative estimate of drug-likeness (QED) is 0.465. The van der Waals surface area contributed by atoms with Crippen LogP contribution in [0, 0.1) is 0 Å². The number of ether oxygens (including phenoxy) is 1. The first-order chi connectivity index (χ1) is 15.6. The lowest BCUT2D eigenvalue weighted by Gasteiger charge is -2.15. The van der Waals surface area contributed by atoms with E-state index in [4.69, 9.17) is 15.4 Å². The number of rotatable bonds is 8. The lowest BCUT2D eigenvalue weighted by atomic mass is 10.1. The second kappa shape index (κ2) is 8.68. The highest BCUT2D eigenvalue weighted by atomic mass is 35.7. The average Bonchev–Trinajstić information content (AvgIpc) is 3.60. The number of nitrogens with zero attached hydrogens (tertiary/aromatic N) is 2. The number of hydrogen-bond donors (Lipinski definition) is 2. The van der Waals surface area contributed by atoms with Crippen LogP contribution in [-0.4, -0.2) is 42.3 Å². The maximum atomic E-state index is 12.9. The van der Waals surface area contributed by atoms with Crippen LogP contribution in [-0.2, 0) is 22.6 Å². The van der Waals surface area contributed by atoms with Crippen molar-refractivity contribution < 1.29 is 17.9 Å². The molecule has 4 rings (SSSR count). The maximum Gasteiger partial charge on any atom is 0.263 e. The molecule has 2 N–H and O–H groups in total. The van der Waals surface area contributed by atoms with Crippen molar-refractivity contribution in [2.24, 2.45) is 7.05 Å². The number of fused-ring (bicyclic) bond motifs is 1. The molecule has 2 heterocycles. The van der Waals surface area contributed by atoms with Crippen molar-refractivity contribution in [3.8, 4) is 5.88 Å². The Balaban J connectivity index is 1.57. The number of carbonyl (C=O) groups excluding carboxylic acids is 1. The van der Waals surface area contributed by atoms with Gasteiger partial charge in [-0.15, -0.1) is 0 Å². The van der Waals surface area contributed by atoms with Gasteiger partial charge in [-0.05, 0) is 42.7 Å². The van der Waals surface area contributed by atoms with E-state index in [1.54, 1.807) is 6.07 Å². The number of anilines is 1. The Kier molecular flexibility index (Phi) is 6.06. The molecule has 1 fully saturated rings. The lowest BCUT2D eigenvalue weighted by Crippen LogP contribution is -2.32. The molecule has 3 aromatic rings. The highest BCUT2D eigenvalue weighted by Gasteiger charge is 2.55. The van der Waals surface area contributed by atoms with Crippen LogP contribution >= 0.6 is 10.7 Å². The van der Waals surface area contributed by atoms with Crippen molar-refractivity contribution in [2.45, 2.75) is 24.1 Å². The molecule has 1 aliphatic carbocycles. The minimum absolute atomic E-state index is 0.0176. The summed E-state index contributed by atoms with van der Waals surface area (Å²) in [6.45, 7) is 0.109. The van der Waals surface area contributed by atoms with Gasteiger partial charge in [0, 0.05) is 48.6 Å². The first-order valence-corrected chi connectivity index (χ1v) is 12.6. The molecule has 9 nitrogen and oxygen atoms in total. The predicted molar refractivity (Wildman–Crippen MR) is 126 cm³/mol. The Bertz CT molecular complexity index is 1380. The molecule has 0 spiro atoms. The van der Waals surface area contributed by atoms with Crippen LogP contribution in [0.25, 0.3) is 10.9 Å². The molecular formula is C22H23ClN4O5S. The molecule has 11 heteroatoms. The summed E-state index contributed by atoms with van der Waals surface area (Å²) >= 11 is 0. The van der Waals surface area contributed by atoms with Crippen LogP contribution in [0.1, 0.15) is 28.8 Å². The number of aryl methyl sites for hydroxylation is 1. The topological polar surface area (TPSA) is 119 Å². The number of pyridine rings is 2. The number of nitrogens with one attached hydrogen (secondary N) is 2. The standard InChI is InChI=1S/C22H23ClN4O5S/c1-24-16-5-3-14(4-6-16)12-26-19(28)17-11-15-7-10-25-20(18(15)27(2)21(17)29)32-13-22(8-9-22)33(23,30)31/h3-7,10-11,24H,8-9,12-13H2,1-2H3,(H,26,28). The van der Waals surface area contributed by atoms with Crippen molar-refractivity contribution in [2.75, 3.05) is 19.0 Å². The fourth-order valence-corrected chi connectivity index (χ4v) is 4.92. The molecule has 174 valence electrons. The smallest absolute Gasteiger partial charge is 0.263 e. The van der Waals surface area contributed by atoms with Gasteiger partial charge < -0.3 is 19.9 Å². The van der Waals surface area contributed by atoms with E-state index >= 15 is 0 Å². The number of carbonyl (C=O) groups is 1. The summed E-state index contributed by atoms with van der Waals surface area (Å²) in [6.07, 6.45) is 2.29. The maximum absolute atomic E-state index is 12.9. The fraction of sp³-hybridized carbons (Fsp3) is 0.318. The molecule has 1 aromatic carbocycles. The summed E-state index contributed by atoms with van der Waals surface area (Å²) in [4.78, 5) is 29.9. The first-order valence-electron chi connectivity index (χ1n) is 10.3. The van der Waals surface area contributed by atoms with Gasteiger partial charge in [-0.2, -0.15) is 0 Å². The number of benzene rings is 1. The summed E-state index contributed by atoms with van der Waals surface area (Å²) in [5.41, 5.74) is 1.68. The highest BCUT2D eigenvalue weighted by molar-refractivity contribution is 8.15. The van der Waals surface area contributed by atoms with Crippen molar-refractivity contribution in [3.63, 3.8) is 0 Å². The van der Waals surface area contributed by atoms with E-state index in [1.807, 2.05) is 31.3 Å². The second-order valence-electron chi connectivity index (χ2n) is 8.02. The summed E-state index contributed by atoms with van der Waals surface area (Å²) in [7, 11) is 5.09. The zero-order valence-electron chi connectivity index (χ0n) is 18.1. The molecule has 0 atom stereocenters. The Morgan fingerprint density at radius 3 is 2.55 bits per heavy atom. The van der Waals surface area contributed by atoms with Crippen LogP contribution in [0.2, 0.25) is 0 Å². The zero-order valence-corrected chi connectivity index (χ0v) is 19.7. The van der Waals surface area contributed by atoms with E-state index in [1.165, 1.54) is 23.9 Å². The normalized spacial score (nSPS) is 14.6. The van der Waals surface area contributed by atoms with E-state index in [0.29, 0.717) is 23.7 Å². The summed E-state index contributed by atoms with van der Waals surface area (Å²) in [5.74, 6) is -0.394. The Morgan fingerprint density at radius 2 is 1.94 bits per heavy atom. The van der Waals surface area contributed by atoms with E-state index in [2.05, 4.69) is 15.6 Å². The van der Waals surface area contributed by atoms with E-state index in [-0.39, 0.29) is 24.6 Å².